The Morgan fingerprint density at radius 1 is 0.897 bits per heavy atom. The van der Waals surface area contributed by atoms with Crippen LogP contribution < -0.4 is 5.32 Å². The molecule has 1 amide bonds. The van der Waals surface area contributed by atoms with Crippen LogP contribution in [0.15, 0.2) is 66.7 Å². The fourth-order valence-electron chi connectivity index (χ4n) is 2.80. The number of hydrogen-bond acceptors (Lipinski definition) is 1. The molecule has 0 aromatic heterocycles. The maximum Gasteiger partial charge on any atom is 0.416 e. The molecule has 150 valence electrons. The summed E-state index contributed by atoms with van der Waals surface area (Å²) in [5.74, 6) is -0.269. The fourth-order valence-corrected chi connectivity index (χ4v) is 3.32. The minimum Gasteiger partial charge on any atom is -0.326 e. The van der Waals surface area contributed by atoms with Crippen LogP contribution in [0.5, 0.6) is 0 Å². The maximum absolute atomic E-state index is 12.6. The smallest absolute Gasteiger partial charge is 0.326 e. The molecule has 0 aliphatic heterocycles. The number of carbonyl (C=O) groups excluding carboxylic acids is 1. The highest BCUT2D eigenvalue weighted by Crippen LogP contribution is 2.31. The van der Waals surface area contributed by atoms with Crippen molar-refractivity contribution in [3.8, 4) is 11.1 Å². The summed E-state index contributed by atoms with van der Waals surface area (Å²) in [6.45, 7) is 0. The molecule has 29 heavy (non-hydrogen) atoms. The van der Waals surface area contributed by atoms with Crippen LogP contribution in [0.1, 0.15) is 17.5 Å². The van der Waals surface area contributed by atoms with Gasteiger partial charge in [0.15, 0.2) is 0 Å². The van der Waals surface area contributed by atoms with E-state index in [4.69, 9.17) is 23.2 Å². The molecule has 3 aromatic rings. The molecule has 1 N–H and O–H groups in total. The first-order valence-electron chi connectivity index (χ1n) is 8.74. The van der Waals surface area contributed by atoms with Crippen molar-refractivity contribution in [3.63, 3.8) is 0 Å². The van der Waals surface area contributed by atoms with Crippen molar-refractivity contribution in [3.05, 3.63) is 87.9 Å². The molecule has 0 saturated heterocycles. The van der Waals surface area contributed by atoms with E-state index in [-0.39, 0.29) is 12.3 Å². The summed E-state index contributed by atoms with van der Waals surface area (Å²) in [7, 11) is 0. The third-order valence-corrected chi connectivity index (χ3v) is 4.88. The second kappa shape index (κ2) is 8.89. The van der Waals surface area contributed by atoms with Crippen LogP contribution in [0.2, 0.25) is 10.0 Å². The lowest BCUT2D eigenvalue weighted by atomic mass is 10.0. The number of aryl methyl sites for hydroxylation is 1. The summed E-state index contributed by atoms with van der Waals surface area (Å²) in [5, 5.41) is 3.73. The normalized spacial score (nSPS) is 11.3. The van der Waals surface area contributed by atoms with E-state index in [1.54, 1.807) is 12.1 Å². The summed E-state index contributed by atoms with van der Waals surface area (Å²) in [6.07, 6.45) is -3.69. The van der Waals surface area contributed by atoms with E-state index in [9.17, 15) is 18.0 Å². The molecule has 2 nitrogen and oxygen atoms in total. The highest BCUT2D eigenvalue weighted by Gasteiger charge is 2.29. The van der Waals surface area contributed by atoms with Gasteiger partial charge in [-0.1, -0.05) is 53.5 Å². The zero-order chi connectivity index (χ0) is 21.0. The van der Waals surface area contributed by atoms with Gasteiger partial charge < -0.3 is 5.32 Å². The first-order valence-corrected chi connectivity index (χ1v) is 9.49. The molecule has 0 bridgehead atoms. The van der Waals surface area contributed by atoms with Gasteiger partial charge in [0.05, 0.1) is 5.56 Å². The predicted octanol–water partition coefficient (Wildman–Crippen LogP) is 7.25. The van der Waals surface area contributed by atoms with Crippen LogP contribution in [0.3, 0.4) is 0 Å². The van der Waals surface area contributed by atoms with Crippen molar-refractivity contribution < 1.29 is 18.0 Å². The molecule has 0 heterocycles. The Kier molecular flexibility index (Phi) is 6.50. The highest BCUT2D eigenvalue weighted by atomic mass is 35.5. The third-order valence-electron chi connectivity index (χ3n) is 4.33. The fraction of sp³-hybridized carbons (Fsp3) is 0.136. The lowest BCUT2D eigenvalue weighted by molar-refractivity contribution is -0.137. The van der Waals surface area contributed by atoms with Crippen LogP contribution >= 0.6 is 23.2 Å². The van der Waals surface area contributed by atoms with Gasteiger partial charge in [-0.2, -0.15) is 13.2 Å². The van der Waals surface area contributed by atoms with E-state index in [0.29, 0.717) is 22.2 Å². The molecule has 0 saturated carbocycles. The van der Waals surface area contributed by atoms with Crippen molar-refractivity contribution in [2.45, 2.75) is 19.0 Å². The Hall–Kier alpha value is -2.50. The average Bonchev–Trinajstić information content (AvgIpc) is 2.67. The van der Waals surface area contributed by atoms with Crippen molar-refractivity contribution in [1.82, 2.24) is 0 Å². The van der Waals surface area contributed by atoms with Crippen molar-refractivity contribution in [2.24, 2.45) is 0 Å². The zero-order valence-corrected chi connectivity index (χ0v) is 16.6. The van der Waals surface area contributed by atoms with Gasteiger partial charge in [0.2, 0.25) is 5.91 Å². The number of halogens is 5. The number of benzene rings is 3. The van der Waals surface area contributed by atoms with Crippen LogP contribution in [0.25, 0.3) is 11.1 Å². The largest absolute Gasteiger partial charge is 0.416 e. The van der Waals surface area contributed by atoms with Gasteiger partial charge in [-0.25, -0.2) is 0 Å². The monoisotopic (exact) mass is 437 g/mol. The van der Waals surface area contributed by atoms with E-state index in [0.717, 1.165) is 28.8 Å². The third kappa shape index (κ3) is 5.75. The maximum atomic E-state index is 12.6. The van der Waals surface area contributed by atoms with E-state index >= 15 is 0 Å². The molecular weight excluding hydrogens is 422 g/mol. The molecule has 0 aliphatic rings. The van der Waals surface area contributed by atoms with Crippen molar-refractivity contribution in [1.29, 1.82) is 0 Å². The Morgan fingerprint density at radius 3 is 2.14 bits per heavy atom. The molecule has 0 unspecified atom stereocenters. The van der Waals surface area contributed by atoms with Gasteiger partial charge in [0.25, 0.3) is 0 Å². The van der Waals surface area contributed by atoms with Gasteiger partial charge in [-0.3, -0.25) is 4.79 Å². The minimum absolute atomic E-state index is 0.210. The number of nitrogens with one attached hydrogen (secondary N) is 1. The first-order chi connectivity index (χ1) is 13.7. The molecule has 0 aliphatic carbocycles. The Labute approximate surface area is 176 Å². The molecule has 3 aromatic carbocycles. The van der Waals surface area contributed by atoms with E-state index < -0.39 is 11.7 Å². The number of rotatable bonds is 5. The van der Waals surface area contributed by atoms with Gasteiger partial charge in [-0.05, 0) is 53.9 Å². The van der Waals surface area contributed by atoms with Gasteiger partial charge in [0.1, 0.15) is 0 Å². The van der Waals surface area contributed by atoms with Crippen LogP contribution in [0.4, 0.5) is 18.9 Å². The topological polar surface area (TPSA) is 29.1 Å². The highest BCUT2D eigenvalue weighted by molar-refractivity contribution is 6.36. The summed E-state index contributed by atoms with van der Waals surface area (Å²) in [6, 6.07) is 17.3. The molecule has 7 heteroatoms. The minimum atomic E-state index is -4.40. The standard InChI is InChI=1S/C22H16Cl2F3NO/c23-17-8-11-19(20(24)13-17)15-4-1-14(2-5-15)3-12-21(29)28-18-9-6-16(7-10-18)22(25,26)27/h1-2,4-11,13H,3,12H2,(H,28,29). The molecule has 0 radical (unpaired) electrons. The van der Waals surface area contributed by atoms with Crippen molar-refractivity contribution in [2.75, 3.05) is 5.32 Å². The summed E-state index contributed by atoms with van der Waals surface area (Å²) >= 11 is 12.1. The average molecular weight is 438 g/mol. The van der Waals surface area contributed by atoms with E-state index in [1.165, 1.54) is 12.1 Å². The number of hydrogen-bond donors (Lipinski definition) is 1. The second-order valence-corrected chi connectivity index (χ2v) is 7.29. The van der Waals surface area contributed by atoms with E-state index in [1.807, 2.05) is 30.3 Å². The van der Waals surface area contributed by atoms with Gasteiger partial charge >= 0.3 is 6.18 Å². The lowest BCUT2D eigenvalue weighted by Gasteiger charge is -2.09. The Morgan fingerprint density at radius 2 is 1.55 bits per heavy atom. The Balaban J connectivity index is 1.56. The number of amides is 1. The van der Waals surface area contributed by atoms with E-state index in [2.05, 4.69) is 5.32 Å². The van der Waals surface area contributed by atoms with Crippen molar-refractivity contribution >= 4 is 34.8 Å². The molecule has 0 spiro atoms. The summed E-state index contributed by atoms with van der Waals surface area (Å²) < 4.78 is 37.7. The number of carbonyl (C=O) groups is 1. The number of alkyl halides is 3. The van der Waals surface area contributed by atoms with Crippen LogP contribution in [-0.4, -0.2) is 5.91 Å². The number of anilines is 1. The molecular formula is C22H16Cl2F3NO. The SMILES string of the molecule is O=C(CCc1ccc(-c2ccc(Cl)cc2Cl)cc1)Nc1ccc(C(F)(F)F)cc1. The lowest BCUT2D eigenvalue weighted by Crippen LogP contribution is -2.12. The first kappa shape index (κ1) is 21.2. The molecule has 0 atom stereocenters. The van der Waals surface area contributed by atoms with Gasteiger partial charge in [-0.15, -0.1) is 0 Å². The van der Waals surface area contributed by atoms with Crippen LogP contribution in [0, 0.1) is 0 Å². The summed E-state index contributed by atoms with van der Waals surface area (Å²) in [5.41, 5.74) is 2.33. The van der Waals surface area contributed by atoms with Gasteiger partial charge in [0, 0.05) is 27.7 Å². The molecule has 3 rings (SSSR count). The predicted molar refractivity (Wildman–Crippen MR) is 110 cm³/mol. The quantitative estimate of drug-likeness (QED) is 0.447. The second-order valence-electron chi connectivity index (χ2n) is 6.44. The Bertz CT molecular complexity index is 1000. The summed E-state index contributed by atoms with van der Waals surface area (Å²) in [4.78, 5) is 12.1. The van der Waals surface area contributed by atoms with Crippen LogP contribution in [-0.2, 0) is 17.4 Å². The molecule has 0 fully saturated rings. The zero-order valence-electron chi connectivity index (χ0n) is 15.1.